The summed E-state index contributed by atoms with van der Waals surface area (Å²) in [6, 6.07) is 3.65. The summed E-state index contributed by atoms with van der Waals surface area (Å²) in [7, 11) is 0. The summed E-state index contributed by atoms with van der Waals surface area (Å²) in [6.07, 6.45) is 3.42. The maximum absolute atomic E-state index is 10.4. The van der Waals surface area contributed by atoms with E-state index in [1.165, 1.54) is 0 Å². The van der Waals surface area contributed by atoms with Crippen LogP contribution >= 0.6 is 0 Å². The molecule has 2 aromatic heterocycles. The fourth-order valence-electron chi connectivity index (χ4n) is 2.04. The van der Waals surface area contributed by atoms with E-state index in [2.05, 4.69) is 34.3 Å². The molecule has 0 aliphatic rings. The predicted molar refractivity (Wildman–Crippen MR) is 85.5 cm³/mol. The topological polar surface area (TPSA) is 84.1 Å². The molecule has 0 spiro atoms. The van der Waals surface area contributed by atoms with Gasteiger partial charge in [-0.1, -0.05) is 19.0 Å². The van der Waals surface area contributed by atoms with Crippen molar-refractivity contribution in [2.24, 2.45) is 5.92 Å². The van der Waals surface area contributed by atoms with Crippen LogP contribution in [0.15, 0.2) is 22.9 Å². The number of rotatable bonds is 7. The summed E-state index contributed by atoms with van der Waals surface area (Å²) in [6.45, 7) is 8.37. The highest BCUT2D eigenvalue weighted by molar-refractivity contribution is 5.57. The number of nitrogens with one attached hydrogen (secondary N) is 1. The molecule has 120 valence electrons. The van der Waals surface area contributed by atoms with Crippen LogP contribution in [0.4, 0.5) is 5.82 Å². The molecule has 1 atom stereocenters. The first-order valence-corrected chi connectivity index (χ1v) is 7.59. The number of hydrogen-bond donors (Lipinski definition) is 2. The second-order valence-electron chi connectivity index (χ2n) is 6.36. The van der Waals surface area contributed by atoms with Crippen LogP contribution in [0.5, 0.6) is 0 Å². The Hall–Kier alpha value is -1.95. The van der Waals surface area contributed by atoms with Gasteiger partial charge in [0.05, 0.1) is 5.60 Å². The fourth-order valence-corrected chi connectivity index (χ4v) is 2.04. The second-order valence-corrected chi connectivity index (χ2v) is 6.36. The number of pyridine rings is 1. The van der Waals surface area contributed by atoms with Crippen LogP contribution in [0.3, 0.4) is 0 Å². The number of nitrogens with zero attached hydrogens (tertiary/aromatic N) is 3. The maximum Gasteiger partial charge on any atom is 0.258 e. The third kappa shape index (κ3) is 4.80. The minimum absolute atomic E-state index is 0.443. The lowest BCUT2D eigenvalue weighted by Crippen LogP contribution is -2.34. The molecule has 0 bridgehead atoms. The van der Waals surface area contributed by atoms with Crippen molar-refractivity contribution < 1.29 is 9.63 Å². The molecule has 0 saturated carbocycles. The van der Waals surface area contributed by atoms with E-state index in [0.29, 0.717) is 30.0 Å². The van der Waals surface area contributed by atoms with Crippen LogP contribution in [0, 0.1) is 12.8 Å². The van der Waals surface area contributed by atoms with E-state index in [9.17, 15) is 5.11 Å². The van der Waals surface area contributed by atoms with Crippen molar-refractivity contribution in [2.75, 3.05) is 11.9 Å². The number of hydrogen-bond acceptors (Lipinski definition) is 6. The highest BCUT2D eigenvalue weighted by Crippen LogP contribution is 2.21. The second kappa shape index (κ2) is 6.87. The molecule has 1 unspecified atom stereocenters. The summed E-state index contributed by atoms with van der Waals surface area (Å²) in [5.74, 6) is 2.32. The van der Waals surface area contributed by atoms with Crippen LogP contribution in [0.2, 0.25) is 0 Å². The Morgan fingerprint density at radius 2 is 2.18 bits per heavy atom. The van der Waals surface area contributed by atoms with E-state index < -0.39 is 5.60 Å². The van der Waals surface area contributed by atoms with Gasteiger partial charge in [0.15, 0.2) is 5.82 Å². The molecule has 6 heteroatoms. The fraction of sp³-hybridized carbons (Fsp3) is 0.562. The highest BCUT2D eigenvalue weighted by atomic mass is 16.5. The molecule has 0 aliphatic carbocycles. The minimum atomic E-state index is -0.761. The average molecular weight is 304 g/mol. The summed E-state index contributed by atoms with van der Waals surface area (Å²) < 4.78 is 5.15. The van der Waals surface area contributed by atoms with Gasteiger partial charge in [-0.2, -0.15) is 4.98 Å². The predicted octanol–water partition coefficient (Wildman–Crippen LogP) is 3.04. The molecule has 0 aromatic carbocycles. The lowest BCUT2D eigenvalue weighted by Gasteiger charge is -2.24. The Morgan fingerprint density at radius 3 is 2.82 bits per heavy atom. The zero-order valence-corrected chi connectivity index (χ0v) is 13.6. The van der Waals surface area contributed by atoms with Crippen LogP contribution in [0.25, 0.3) is 11.5 Å². The van der Waals surface area contributed by atoms with Gasteiger partial charge in [0.2, 0.25) is 0 Å². The SMILES string of the molecule is Cc1noc(-c2ccnc(NCC(C)(O)CCC(C)C)c2)n1. The van der Waals surface area contributed by atoms with Crippen molar-refractivity contribution in [1.29, 1.82) is 0 Å². The van der Waals surface area contributed by atoms with Gasteiger partial charge in [-0.25, -0.2) is 4.98 Å². The van der Waals surface area contributed by atoms with Gasteiger partial charge in [-0.05, 0) is 44.7 Å². The van der Waals surface area contributed by atoms with E-state index in [0.717, 1.165) is 18.4 Å². The van der Waals surface area contributed by atoms with Gasteiger partial charge < -0.3 is 14.9 Å². The third-order valence-electron chi connectivity index (χ3n) is 3.45. The Bertz CT molecular complexity index is 608. The number of aromatic nitrogens is 3. The Balaban J connectivity index is 1.99. The highest BCUT2D eigenvalue weighted by Gasteiger charge is 2.20. The van der Waals surface area contributed by atoms with E-state index in [1.807, 2.05) is 19.1 Å². The van der Waals surface area contributed by atoms with Gasteiger partial charge in [-0.15, -0.1) is 0 Å². The Morgan fingerprint density at radius 1 is 1.41 bits per heavy atom. The number of aryl methyl sites for hydroxylation is 1. The molecule has 0 aliphatic heterocycles. The van der Waals surface area contributed by atoms with Crippen molar-refractivity contribution >= 4 is 5.82 Å². The number of anilines is 1. The molecular formula is C16H24N4O2. The molecule has 2 aromatic rings. The standard InChI is InChI=1S/C16H24N4O2/c1-11(2)5-7-16(4,21)10-18-14-9-13(6-8-17-14)15-19-12(3)20-22-15/h6,8-9,11,21H,5,7,10H2,1-4H3,(H,17,18). The molecule has 2 rings (SSSR count). The molecule has 0 fully saturated rings. The summed E-state index contributed by atoms with van der Waals surface area (Å²) in [5, 5.41) is 17.3. The first kappa shape index (κ1) is 16.4. The molecule has 0 amide bonds. The van der Waals surface area contributed by atoms with Gasteiger partial charge >= 0.3 is 0 Å². The largest absolute Gasteiger partial charge is 0.388 e. The Labute approximate surface area is 131 Å². The normalized spacial score (nSPS) is 14.1. The van der Waals surface area contributed by atoms with Gasteiger partial charge in [0.25, 0.3) is 5.89 Å². The van der Waals surface area contributed by atoms with Crippen molar-refractivity contribution in [3.05, 3.63) is 24.2 Å². The lowest BCUT2D eigenvalue weighted by atomic mass is 9.95. The molecule has 6 nitrogen and oxygen atoms in total. The monoisotopic (exact) mass is 304 g/mol. The summed E-state index contributed by atoms with van der Waals surface area (Å²) >= 11 is 0. The smallest absolute Gasteiger partial charge is 0.258 e. The first-order valence-electron chi connectivity index (χ1n) is 7.59. The Kier molecular flexibility index (Phi) is 5.13. The van der Waals surface area contributed by atoms with Crippen molar-refractivity contribution in [1.82, 2.24) is 15.1 Å². The molecule has 0 radical (unpaired) electrons. The van der Waals surface area contributed by atoms with Crippen LogP contribution in [0.1, 0.15) is 39.4 Å². The van der Waals surface area contributed by atoms with Crippen LogP contribution < -0.4 is 5.32 Å². The van der Waals surface area contributed by atoms with E-state index in [4.69, 9.17) is 4.52 Å². The third-order valence-corrected chi connectivity index (χ3v) is 3.45. The molecule has 22 heavy (non-hydrogen) atoms. The van der Waals surface area contributed by atoms with Crippen molar-refractivity contribution in [3.8, 4) is 11.5 Å². The maximum atomic E-state index is 10.4. The molecular weight excluding hydrogens is 280 g/mol. The van der Waals surface area contributed by atoms with Crippen molar-refractivity contribution in [3.63, 3.8) is 0 Å². The average Bonchev–Trinajstić information content (AvgIpc) is 2.90. The summed E-state index contributed by atoms with van der Waals surface area (Å²) in [4.78, 5) is 8.45. The quantitative estimate of drug-likeness (QED) is 0.818. The number of aliphatic hydroxyl groups is 1. The zero-order valence-electron chi connectivity index (χ0n) is 13.6. The van der Waals surface area contributed by atoms with Gasteiger partial charge in [0, 0.05) is 18.3 Å². The van der Waals surface area contributed by atoms with E-state index in [1.54, 1.807) is 13.1 Å². The molecule has 2 N–H and O–H groups in total. The van der Waals surface area contributed by atoms with Crippen LogP contribution in [-0.4, -0.2) is 32.4 Å². The van der Waals surface area contributed by atoms with E-state index in [-0.39, 0.29) is 0 Å². The van der Waals surface area contributed by atoms with E-state index >= 15 is 0 Å². The summed E-state index contributed by atoms with van der Waals surface area (Å²) in [5.41, 5.74) is 0.0446. The van der Waals surface area contributed by atoms with Gasteiger partial charge in [-0.3, -0.25) is 0 Å². The lowest BCUT2D eigenvalue weighted by molar-refractivity contribution is 0.0585. The van der Waals surface area contributed by atoms with Gasteiger partial charge in [0.1, 0.15) is 5.82 Å². The first-order chi connectivity index (χ1) is 10.4. The zero-order chi connectivity index (χ0) is 16.2. The minimum Gasteiger partial charge on any atom is -0.388 e. The van der Waals surface area contributed by atoms with Crippen LogP contribution in [-0.2, 0) is 0 Å². The molecule has 0 saturated heterocycles. The van der Waals surface area contributed by atoms with Crippen molar-refractivity contribution in [2.45, 2.75) is 46.1 Å². The molecule has 2 heterocycles.